The lowest BCUT2D eigenvalue weighted by molar-refractivity contribution is -0.154. The Balaban J connectivity index is 2.86. The van der Waals surface area contributed by atoms with Gasteiger partial charge < -0.3 is 10.2 Å². The number of carboxylic acid groups (broad SMARTS) is 2. The van der Waals surface area contributed by atoms with Crippen molar-refractivity contribution < 1.29 is 24.6 Å². The van der Waals surface area contributed by atoms with Crippen LogP contribution in [-0.2, 0) is 14.4 Å². The van der Waals surface area contributed by atoms with Crippen molar-refractivity contribution in [1.29, 1.82) is 0 Å². The molecule has 0 saturated heterocycles. The SMILES string of the molecule is O=C=C1CCC(C(=O)O)C(C(=O)O)C1. The van der Waals surface area contributed by atoms with Gasteiger partial charge in [0.2, 0.25) is 0 Å². The summed E-state index contributed by atoms with van der Waals surface area (Å²) in [4.78, 5) is 31.7. The maximum Gasteiger partial charge on any atom is 0.307 e. The quantitative estimate of drug-likeness (QED) is 0.624. The molecule has 0 aliphatic heterocycles. The van der Waals surface area contributed by atoms with Gasteiger partial charge in [0.1, 0.15) is 5.94 Å². The molecular formula is C9H10O5. The van der Waals surface area contributed by atoms with E-state index in [4.69, 9.17) is 10.2 Å². The Morgan fingerprint density at radius 1 is 1.21 bits per heavy atom. The molecule has 14 heavy (non-hydrogen) atoms. The van der Waals surface area contributed by atoms with Crippen LogP contribution in [0.25, 0.3) is 0 Å². The molecule has 0 aromatic heterocycles. The Hall–Kier alpha value is -1.61. The van der Waals surface area contributed by atoms with Crippen LogP contribution in [0.15, 0.2) is 5.57 Å². The van der Waals surface area contributed by atoms with Gasteiger partial charge in [-0.25, -0.2) is 4.79 Å². The Kier molecular flexibility index (Phi) is 3.04. The molecule has 0 bridgehead atoms. The first-order valence-corrected chi connectivity index (χ1v) is 4.24. The Labute approximate surface area is 80.0 Å². The van der Waals surface area contributed by atoms with Crippen LogP contribution in [-0.4, -0.2) is 28.1 Å². The average Bonchev–Trinajstić information content (AvgIpc) is 2.16. The number of hydrogen-bond acceptors (Lipinski definition) is 3. The van der Waals surface area contributed by atoms with Gasteiger partial charge in [0.05, 0.1) is 11.8 Å². The van der Waals surface area contributed by atoms with Crippen molar-refractivity contribution in [2.45, 2.75) is 19.3 Å². The van der Waals surface area contributed by atoms with Crippen molar-refractivity contribution in [3.63, 3.8) is 0 Å². The number of allylic oxidation sites excluding steroid dienone is 1. The van der Waals surface area contributed by atoms with Crippen LogP contribution in [0.3, 0.4) is 0 Å². The standard InChI is InChI=1S/C9H10O5/c10-4-5-1-2-6(8(11)12)7(3-5)9(13)14/h6-7H,1-3H2,(H,11,12)(H,13,14). The van der Waals surface area contributed by atoms with Crippen molar-refractivity contribution in [3.8, 4) is 0 Å². The number of hydrogen-bond donors (Lipinski definition) is 2. The first kappa shape index (κ1) is 10.5. The maximum absolute atomic E-state index is 10.7. The van der Waals surface area contributed by atoms with Gasteiger partial charge in [0.25, 0.3) is 0 Å². The van der Waals surface area contributed by atoms with Crippen LogP contribution in [0.1, 0.15) is 19.3 Å². The van der Waals surface area contributed by atoms with E-state index in [1.54, 1.807) is 5.94 Å². The predicted molar refractivity (Wildman–Crippen MR) is 45.3 cm³/mol. The van der Waals surface area contributed by atoms with E-state index in [1.807, 2.05) is 0 Å². The number of carbonyl (C=O) groups excluding carboxylic acids is 1. The fourth-order valence-corrected chi connectivity index (χ4v) is 1.69. The zero-order valence-corrected chi connectivity index (χ0v) is 7.40. The molecular weight excluding hydrogens is 188 g/mol. The molecule has 1 aliphatic carbocycles. The smallest absolute Gasteiger partial charge is 0.307 e. The van der Waals surface area contributed by atoms with Gasteiger partial charge in [-0.05, 0) is 19.3 Å². The van der Waals surface area contributed by atoms with Gasteiger partial charge >= 0.3 is 11.9 Å². The predicted octanol–water partition coefficient (Wildman–Crippen LogP) is 0.330. The number of carbonyl (C=O) groups is 2. The monoisotopic (exact) mass is 198 g/mol. The summed E-state index contributed by atoms with van der Waals surface area (Å²) in [5.41, 5.74) is 0.370. The molecule has 76 valence electrons. The largest absolute Gasteiger partial charge is 0.481 e. The molecule has 2 unspecified atom stereocenters. The normalized spacial score (nSPS) is 26.7. The molecule has 0 aromatic rings. The topological polar surface area (TPSA) is 91.7 Å². The third-order valence-electron chi connectivity index (χ3n) is 2.49. The Morgan fingerprint density at radius 3 is 2.21 bits per heavy atom. The molecule has 1 fully saturated rings. The molecule has 1 rings (SSSR count). The van der Waals surface area contributed by atoms with Crippen molar-refractivity contribution in [3.05, 3.63) is 5.57 Å². The van der Waals surface area contributed by atoms with Gasteiger partial charge in [-0.2, -0.15) is 0 Å². The highest BCUT2D eigenvalue weighted by atomic mass is 16.4. The van der Waals surface area contributed by atoms with Crippen LogP contribution in [0, 0.1) is 11.8 Å². The highest BCUT2D eigenvalue weighted by molar-refractivity contribution is 5.81. The van der Waals surface area contributed by atoms with E-state index in [0.717, 1.165) is 0 Å². The van der Waals surface area contributed by atoms with Crippen LogP contribution in [0.5, 0.6) is 0 Å². The van der Waals surface area contributed by atoms with E-state index in [9.17, 15) is 14.4 Å². The van der Waals surface area contributed by atoms with Crippen molar-refractivity contribution in [2.24, 2.45) is 11.8 Å². The molecule has 0 radical (unpaired) electrons. The van der Waals surface area contributed by atoms with Gasteiger partial charge in [0.15, 0.2) is 0 Å². The summed E-state index contributed by atoms with van der Waals surface area (Å²) in [6, 6.07) is 0. The second kappa shape index (κ2) is 4.07. The van der Waals surface area contributed by atoms with Crippen LogP contribution >= 0.6 is 0 Å². The molecule has 1 saturated carbocycles. The van der Waals surface area contributed by atoms with Crippen LogP contribution < -0.4 is 0 Å². The lowest BCUT2D eigenvalue weighted by Crippen LogP contribution is -2.33. The zero-order valence-electron chi connectivity index (χ0n) is 7.40. The van der Waals surface area contributed by atoms with E-state index >= 15 is 0 Å². The Bertz CT molecular complexity index is 313. The first-order valence-electron chi connectivity index (χ1n) is 4.24. The highest BCUT2D eigenvalue weighted by Crippen LogP contribution is 2.32. The second-order valence-electron chi connectivity index (χ2n) is 3.34. The molecule has 0 spiro atoms. The maximum atomic E-state index is 10.7. The van der Waals surface area contributed by atoms with Gasteiger partial charge in [-0.3, -0.25) is 9.59 Å². The van der Waals surface area contributed by atoms with Crippen LogP contribution in [0.2, 0.25) is 0 Å². The summed E-state index contributed by atoms with van der Waals surface area (Å²) in [5.74, 6) is -2.49. The van der Waals surface area contributed by atoms with E-state index < -0.39 is 23.8 Å². The van der Waals surface area contributed by atoms with Gasteiger partial charge in [0, 0.05) is 5.57 Å². The minimum atomic E-state index is -1.16. The van der Waals surface area contributed by atoms with Crippen LogP contribution in [0.4, 0.5) is 0 Å². The average molecular weight is 198 g/mol. The molecule has 2 atom stereocenters. The van der Waals surface area contributed by atoms with Gasteiger partial charge in [-0.1, -0.05) is 0 Å². The number of rotatable bonds is 2. The molecule has 5 nitrogen and oxygen atoms in total. The summed E-state index contributed by atoms with van der Waals surface area (Å²) in [7, 11) is 0. The summed E-state index contributed by atoms with van der Waals surface area (Å²) < 4.78 is 0. The first-order chi connectivity index (χ1) is 6.56. The summed E-state index contributed by atoms with van der Waals surface area (Å²) >= 11 is 0. The molecule has 0 aromatic carbocycles. The van der Waals surface area contributed by atoms with Crippen molar-refractivity contribution >= 4 is 17.9 Å². The lowest BCUT2D eigenvalue weighted by atomic mass is 9.77. The summed E-state index contributed by atoms with van der Waals surface area (Å²) in [5, 5.41) is 17.5. The third-order valence-corrected chi connectivity index (χ3v) is 2.49. The second-order valence-corrected chi connectivity index (χ2v) is 3.34. The summed E-state index contributed by atoms with van der Waals surface area (Å²) in [6.45, 7) is 0. The molecule has 0 amide bonds. The fourth-order valence-electron chi connectivity index (χ4n) is 1.69. The van der Waals surface area contributed by atoms with Gasteiger partial charge in [-0.15, -0.1) is 0 Å². The minimum Gasteiger partial charge on any atom is -0.481 e. The zero-order chi connectivity index (χ0) is 10.7. The van der Waals surface area contributed by atoms with Crippen molar-refractivity contribution in [2.75, 3.05) is 0 Å². The van der Waals surface area contributed by atoms with E-state index in [-0.39, 0.29) is 12.8 Å². The van der Waals surface area contributed by atoms with E-state index in [0.29, 0.717) is 12.0 Å². The molecule has 0 heterocycles. The Morgan fingerprint density at radius 2 is 1.79 bits per heavy atom. The fraction of sp³-hybridized carbons (Fsp3) is 0.556. The lowest BCUT2D eigenvalue weighted by Gasteiger charge is -2.25. The number of aliphatic carboxylic acids is 2. The third kappa shape index (κ3) is 2.00. The molecule has 1 aliphatic rings. The van der Waals surface area contributed by atoms with E-state index in [2.05, 4.69) is 0 Å². The molecule has 2 N–H and O–H groups in total. The highest BCUT2D eigenvalue weighted by Gasteiger charge is 2.37. The van der Waals surface area contributed by atoms with E-state index in [1.165, 1.54) is 0 Å². The summed E-state index contributed by atoms with van der Waals surface area (Å²) in [6.07, 6.45) is 0.552. The molecule has 5 heteroatoms. The van der Waals surface area contributed by atoms with Crippen molar-refractivity contribution in [1.82, 2.24) is 0 Å². The number of carboxylic acids is 2. The minimum absolute atomic E-state index is 0.00972.